The van der Waals surface area contributed by atoms with E-state index in [-0.39, 0.29) is 0 Å². The van der Waals surface area contributed by atoms with E-state index >= 15 is 0 Å². The maximum atomic E-state index is 9.21. The lowest BCUT2D eigenvalue weighted by molar-refractivity contribution is -0.0424. The Morgan fingerprint density at radius 1 is 0.885 bits per heavy atom. The van der Waals surface area contributed by atoms with E-state index in [1.165, 1.54) is 5.56 Å². The smallest absolute Gasteiger partial charge is 0.178 e. The zero-order chi connectivity index (χ0) is 18.3. The van der Waals surface area contributed by atoms with Gasteiger partial charge in [0.05, 0.1) is 0 Å². The second-order valence-corrected chi connectivity index (χ2v) is 6.68. The second-order valence-electron chi connectivity index (χ2n) is 6.68. The summed E-state index contributed by atoms with van der Waals surface area (Å²) < 4.78 is 6.02. The second kappa shape index (κ2) is 6.48. The Kier molecular flexibility index (Phi) is 4.15. The summed E-state index contributed by atoms with van der Waals surface area (Å²) in [6.45, 7) is 4.70. The third-order valence-corrected chi connectivity index (χ3v) is 4.85. The van der Waals surface area contributed by atoms with Gasteiger partial charge in [0, 0.05) is 28.1 Å². The van der Waals surface area contributed by atoms with Gasteiger partial charge in [-0.2, -0.15) is 0 Å². The first-order chi connectivity index (χ1) is 12.5. The number of benzene rings is 2. The Balaban J connectivity index is 1.66. The lowest BCUT2D eigenvalue weighted by atomic mass is 9.98. The van der Waals surface area contributed by atoms with Crippen LogP contribution in [0.1, 0.15) is 34.2 Å². The number of hydrogen-bond acceptors (Lipinski definition) is 3. The first-order valence-corrected chi connectivity index (χ1v) is 8.62. The maximum Gasteiger partial charge on any atom is 0.178 e. The van der Waals surface area contributed by atoms with Gasteiger partial charge >= 0.3 is 0 Å². The monoisotopic (exact) mass is 347 g/mol. The van der Waals surface area contributed by atoms with Crippen LogP contribution in [0.3, 0.4) is 0 Å². The van der Waals surface area contributed by atoms with Crippen LogP contribution in [0.2, 0.25) is 0 Å². The number of hydrogen-bond donors (Lipinski definition) is 3. The molecule has 0 amide bonds. The molecule has 132 valence electrons. The summed E-state index contributed by atoms with van der Waals surface area (Å²) in [7, 11) is 0. The van der Waals surface area contributed by atoms with Gasteiger partial charge in [0.1, 0.15) is 12.4 Å². The van der Waals surface area contributed by atoms with Crippen LogP contribution in [0.25, 0.3) is 22.9 Å². The molecule has 4 nitrogen and oxygen atoms in total. The number of fused-ring (bicyclic) bond motifs is 1. The minimum atomic E-state index is -1.44. The molecule has 0 saturated carbocycles. The van der Waals surface area contributed by atoms with E-state index in [0.717, 1.165) is 39.4 Å². The van der Waals surface area contributed by atoms with Crippen LogP contribution in [-0.2, 0) is 0 Å². The summed E-state index contributed by atoms with van der Waals surface area (Å²) in [4.78, 5) is 3.44. The molecule has 2 aromatic carbocycles. The summed E-state index contributed by atoms with van der Waals surface area (Å²) >= 11 is 0. The predicted molar refractivity (Wildman–Crippen MR) is 103 cm³/mol. The molecule has 4 rings (SSSR count). The van der Waals surface area contributed by atoms with E-state index in [2.05, 4.69) is 43.1 Å². The van der Waals surface area contributed by atoms with Crippen molar-refractivity contribution in [2.24, 2.45) is 0 Å². The number of aromatic nitrogens is 1. The number of aliphatic hydroxyl groups is 2. The molecule has 3 aromatic rings. The predicted octanol–water partition coefficient (Wildman–Crippen LogP) is 4.21. The Morgan fingerprint density at radius 2 is 1.58 bits per heavy atom. The summed E-state index contributed by atoms with van der Waals surface area (Å²) in [5.74, 6) is 0.971. The summed E-state index contributed by atoms with van der Waals surface area (Å²) in [5.41, 5.74) is 8.08. The van der Waals surface area contributed by atoms with Crippen LogP contribution in [0.15, 0.2) is 48.5 Å². The van der Waals surface area contributed by atoms with Gasteiger partial charge < -0.3 is 19.9 Å². The van der Waals surface area contributed by atoms with E-state index in [4.69, 9.17) is 4.74 Å². The van der Waals surface area contributed by atoms with E-state index in [0.29, 0.717) is 12.2 Å². The molecule has 0 saturated heterocycles. The molecular formula is C22H21NO3. The Hall–Kier alpha value is -2.82. The molecule has 0 bridgehead atoms. The van der Waals surface area contributed by atoms with Gasteiger partial charge in [0.2, 0.25) is 0 Å². The summed E-state index contributed by atoms with van der Waals surface area (Å²) in [6, 6.07) is 15.5. The highest BCUT2D eigenvalue weighted by Gasteiger charge is 2.17. The molecule has 0 spiro atoms. The van der Waals surface area contributed by atoms with Crippen LogP contribution >= 0.6 is 0 Å². The van der Waals surface area contributed by atoms with E-state index in [1.807, 2.05) is 18.2 Å². The Bertz CT molecular complexity index is 981. The normalized spacial score (nSPS) is 13.3. The fraction of sp³-hybridized carbons (Fsp3) is 0.182. The average molecular weight is 347 g/mol. The third-order valence-electron chi connectivity index (χ3n) is 4.85. The highest BCUT2D eigenvalue weighted by molar-refractivity contribution is 5.86. The van der Waals surface area contributed by atoms with Gasteiger partial charge in [-0.05, 0) is 48.7 Å². The van der Waals surface area contributed by atoms with Crippen LogP contribution in [0, 0.1) is 13.8 Å². The van der Waals surface area contributed by atoms with Crippen molar-refractivity contribution in [1.82, 2.24) is 4.98 Å². The molecule has 0 radical (unpaired) electrons. The number of aryl methyl sites for hydroxylation is 2. The highest BCUT2D eigenvalue weighted by Crippen LogP contribution is 2.35. The fourth-order valence-corrected chi connectivity index (χ4v) is 3.28. The maximum absolute atomic E-state index is 9.21. The van der Waals surface area contributed by atoms with Crippen molar-refractivity contribution in [2.45, 2.75) is 20.1 Å². The van der Waals surface area contributed by atoms with Crippen molar-refractivity contribution in [2.75, 3.05) is 6.61 Å². The minimum Gasteiger partial charge on any atom is -0.488 e. The first-order valence-electron chi connectivity index (χ1n) is 8.62. The molecule has 3 N–H and O–H groups in total. The first kappa shape index (κ1) is 16.6. The Morgan fingerprint density at radius 3 is 2.31 bits per heavy atom. The summed E-state index contributed by atoms with van der Waals surface area (Å²) in [5, 5.41) is 18.4. The average Bonchev–Trinajstić information content (AvgIpc) is 3.15. The Labute approximate surface area is 152 Å². The van der Waals surface area contributed by atoms with Gasteiger partial charge in [-0.25, -0.2) is 0 Å². The topological polar surface area (TPSA) is 65.5 Å². The molecule has 0 fully saturated rings. The molecule has 1 aromatic heterocycles. The zero-order valence-electron chi connectivity index (χ0n) is 14.8. The highest BCUT2D eigenvalue weighted by atomic mass is 16.5. The molecule has 1 aliphatic rings. The number of H-pyrrole nitrogens is 1. The van der Waals surface area contributed by atoms with E-state index < -0.39 is 6.29 Å². The van der Waals surface area contributed by atoms with Gasteiger partial charge in [-0.15, -0.1) is 0 Å². The van der Waals surface area contributed by atoms with Crippen molar-refractivity contribution in [3.63, 3.8) is 0 Å². The van der Waals surface area contributed by atoms with E-state index in [9.17, 15) is 10.2 Å². The van der Waals surface area contributed by atoms with Crippen molar-refractivity contribution in [3.05, 3.63) is 76.5 Å². The molecule has 4 heteroatoms. The van der Waals surface area contributed by atoms with Crippen molar-refractivity contribution in [3.8, 4) is 17.0 Å². The lowest BCUT2D eigenvalue weighted by Gasteiger charge is -2.21. The van der Waals surface area contributed by atoms with Gasteiger partial charge in [-0.3, -0.25) is 0 Å². The zero-order valence-corrected chi connectivity index (χ0v) is 14.8. The molecule has 0 atom stereocenters. The van der Waals surface area contributed by atoms with E-state index in [1.54, 1.807) is 12.1 Å². The minimum absolute atomic E-state index is 0.478. The van der Waals surface area contributed by atoms with Crippen LogP contribution < -0.4 is 4.74 Å². The standard InChI is InChI=1S/C22H21NO3/c1-13-3-4-14(2)21-18(13)11-17(12-26-21)20-10-9-19(23-20)15-5-7-16(8-6-15)22(24)25/h3-11,22-25H,12H2,1-2H3. The van der Waals surface area contributed by atoms with Crippen molar-refractivity contribution in [1.29, 1.82) is 0 Å². The van der Waals surface area contributed by atoms with Gasteiger partial charge in [-0.1, -0.05) is 36.4 Å². The number of nitrogens with one attached hydrogen (secondary N) is 1. The van der Waals surface area contributed by atoms with Crippen LogP contribution in [0.5, 0.6) is 5.75 Å². The molecule has 26 heavy (non-hydrogen) atoms. The SMILES string of the molecule is Cc1ccc(C)c2c1C=C(c1ccc(-c3ccc(C(O)O)cc3)[nH]1)CO2. The summed E-state index contributed by atoms with van der Waals surface area (Å²) in [6.07, 6.45) is 0.752. The molecule has 1 aliphatic heterocycles. The largest absolute Gasteiger partial charge is 0.488 e. The van der Waals surface area contributed by atoms with Crippen LogP contribution in [0.4, 0.5) is 0 Å². The number of ether oxygens (including phenoxy) is 1. The molecule has 0 unspecified atom stereocenters. The van der Waals surface area contributed by atoms with Crippen molar-refractivity contribution >= 4 is 11.6 Å². The molecule has 0 aliphatic carbocycles. The molecular weight excluding hydrogens is 326 g/mol. The number of aromatic amines is 1. The molecule has 2 heterocycles. The quantitative estimate of drug-likeness (QED) is 0.622. The third kappa shape index (κ3) is 2.94. The fourth-order valence-electron chi connectivity index (χ4n) is 3.28. The lowest BCUT2D eigenvalue weighted by Crippen LogP contribution is -2.09. The van der Waals surface area contributed by atoms with Crippen LogP contribution in [-0.4, -0.2) is 21.8 Å². The number of rotatable bonds is 3. The van der Waals surface area contributed by atoms with Crippen molar-refractivity contribution < 1.29 is 14.9 Å². The van der Waals surface area contributed by atoms with Gasteiger partial charge in [0.25, 0.3) is 0 Å². The number of aliphatic hydroxyl groups excluding tert-OH is 1. The van der Waals surface area contributed by atoms with Gasteiger partial charge in [0.15, 0.2) is 6.29 Å².